The number of aromatic nitrogens is 3. The highest BCUT2D eigenvalue weighted by atomic mass is 15.3. The molecule has 0 amide bonds. The SMILES string of the molecule is CCNC(=NCc1ncnn1C)NCC(CC)(CC)c1ccccc1. The molecule has 0 saturated heterocycles. The molecule has 0 saturated carbocycles. The van der Waals surface area contributed by atoms with E-state index in [1.165, 1.54) is 5.56 Å². The third kappa shape index (κ3) is 4.81. The first kappa shape index (κ1) is 19.0. The first-order valence-electron chi connectivity index (χ1n) is 9.05. The van der Waals surface area contributed by atoms with Crippen LogP contribution in [-0.2, 0) is 19.0 Å². The number of aryl methyl sites for hydroxylation is 1. The largest absolute Gasteiger partial charge is 0.357 e. The van der Waals surface area contributed by atoms with Gasteiger partial charge in [-0.1, -0.05) is 44.2 Å². The van der Waals surface area contributed by atoms with Crippen LogP contribution < -0.4 is 10.6 Å². The average Bonchev–Trinajstić information content (AvgIpc) is 3.06. The third-order valence-corrected chi connectivity index (χ3v) is 4.86. The van der Waals surface area contributed by atoms with Crippen LogP contribution in [0.5, 0.6) is 0 Å². The van der Waals surface area contributed by atoms with Gasteiger partial charge in [-0.2, -0.15) is 5.10 Å². The van der Waals surface area contributed by atoms with Gasteiger partial charge in [0.1, 0.15) is 18.7 Å². The summed E-state index contributed by atoms with van der Waals surface area (Å²) in [6.45, 7) is 8.74. The molecule has 2 aromatic rings. The Morgan fingerprint density at radius 3 is 2.40 bits per heavy atom. The molecular formula is C19H30N6. The van der Waals surface area contributed by atoms with Gasteiger partial charge in [-0.25, -0.2) is 9.98 Å². The summed E-state index contributed by atoms with van der Waals surface area (Å²) in [6, 6.07) is 10.7. The molecule has 0 spiro atoms. The normalized spacial score (nSPS) is 12.2. The lowest BCUT2D eigenvalue weighted by molar-refractivity contribution is 0.389. The second-order valence-electron chi connectivity index (χ2n) is 6.20. The molecule has 136 valence electrons. The van der Waals surface area contributed by atoms with E-state index in [0.29, 0.717) is 6.54 Å². The average molecular weight is 342 g/mol. The second kappa shape index (κ2) is 9.20. The van der Waals surface area contributed by atoms with Crippen LogP contribution in [0.1, 0.15) is 45.0 Å². The fraction of sp³-hybridized carbons (Fsp3) is 0.526. The lowest BCUT2D eigenvalue weighted by Gasteiger charge is -2.33. The lowest BCUT2D eigenvalue weighted by atomic mass is 9.76. The topological polar surface area (TPSA) is 67.1 Å². The van der Waals surface area contributed by atoms with Gasteiger partial charge in [0.2, 0.25) is 0 Å². The molecule has 0 bridgehead atoms. The molecule has 6 nitrogen and oxygen atoms in total. The first-order chi connectivity index (χ1) is 12.1. The van der Waals surface area contributed by atoms with Crippen molar-refractivity contribution in [1.29, 1.82) is 0 Å². The van der Waals surface area contributed by atoms with Crippen molar-refractivity contribution in [2.24, 2.45) is 12.0 Å². The van der Waals surface area contributed by atoms with E-state index in [4.69, 9.17) is 0 Å². The highest BCUT2D eigenvalue weighted by Gasteiger charge is 2.28. The van der Waals surface area contributed by atoms with Gasteiger partial charge >= 0.3 is 0 Å². The molecule has 1 heterocycles. The lowest BCUT2D eigenvalue weighted by Crippen LogP contribution is -2.45. The maximum absolute atomic E-state index is 4.65. The predicted molar refractivity (Wildman–Crippen MR) is 103 cm³/mol. The summed E-state index contributed by atoms with van der Waals surface area (Å²) in [6.07, 6.45) is 3.70. The Morgan fingerprint density at radius 2 is 1.84 bits per heavy atom. The Labute approximate surface area is 150 Å². The fourth-order valence-electron chi connectivity index (χ4n) is 3.01. The monoisotopic (exact) mass is 342 g/mol. The number of nitrogens with zero attached hydrogens (tertiary/aromatic N) is 4. The molecule has 1 aromatic carbocycles. The smallest absolute Gasteiger partial charge is 0.191 e. The third-order valence-electron chi connectivity index (χ3n) is 4.86. The Bertz CT molecular complexity index is 658. The number of hydrogen-bond donors (Lipinski definition) is 2. The summed E-state index contributed by atoms with van der Waals surface area (Å²) >= 11 is 0. The molecule has 0 aliphatic heterocycles. The van der Waals surface area contributed by atoms with E-state index in [2.05, 4.69) is 76.8 Å². The summed E-state index contributed by atoms with van der Waals surface area (Å²) in [5, 5.41) is 10.9. The molecule has 0 radical (unpaired) electrons. The van der Waals surface area contributed by atoms with Crippen LogP contribution in [0.4, 0.5) is 0 Å². The minimum Gasteiger partial charge on any atom is -0.357 e. The molecule has 25 heavy (non-hydrogen) atoms. The standard InChI is InChI=1S/C19H30N6/c1-5-19(6-2,16-11-9-8-10-12-16)14-22-18(20-7-3)21-13-17-23-15-24-25(17)4/h8-12,15H,5-7,13-14H2,1-4H3,(H2,20,21,22). The van der Waals surface area contributed by atoms with Crippen molar-refractivity contribution in [2.75, 3.05) is 13.1 Å². The van der Waals surface area contributed by atoms with Crippen molar-refractivity contribution >= 4 is 5.96 Å². The molecule has 2 rings (SSSR count). The summed E-state index contributed by atoms with van der Waals surface area (Å²) in [5.41, 5.74) is 1.47. The fourth-order valence-corrected chi connectivity index (χ4v) is 3.01. The molecule has 6 heteroatoms. The summed E-state index contributed by atoms with van der Waals surface area (Å²) < 4.78 is 1.75. The van der Waals surface area contributed by atoms with Crippen molar-refractivity contribution < 1.29 is 0 Å². The number of guanidine groups is 1. The summed E-state index contributed by atoms with van der Waals surface area (Å²) in [4.78, 5) is 8.88. The van der Waals surface area contributed by atoms with Crippen molar-refractivity contribution in [3.63, 3.8) is 0 Å². The van der Waals surface area contributed by atoms with E-state index < -0.39 is 0 Å². The number of hydrogen-bond acceptors (Lipinski definition) is 3. The highest BCUT2D eigenvalue weighted by molar-refractivity contribution is 5.79. The van der Waals surface area contributed by atoms with E-state index in [1.807, 2.05) is 7.05 Å². The molecule has 0 aliphatic rings. The maximum atomic E-state index is 4.65. The van der Waals surface area contributed by atoms with Gasteiger partial charge in [0, 0.05) is 25.6 Å². The first-order valence-corrected chi connectivity index (χ1v) is 9.05. The maximum Gasteiger partial charge on any atom is 0.191 e. The van der Waals surface area contributed by atoms with Gasteiger partial charge in [-0.15, -0.1) is 0 Å². The summed E-state index contributed by atoms with van der Waals surface area (Å²) in [7, 11) is 1.88. The van der Waals surface area contributed by atoms with E-state index in [9.17, 15) is 0 Å². The number of nitrogens with one attached hydrogen (secondary N) is 2. The number of rotatable bonds is 8. The summed E-state index contributed by atoms with van der Waals surface area (Å²) in [5.74, 6) is 1.66. The van der Waals surface area contributed by atoms with E-state index in [-0.39, 0.29) is 5.41 Å². The van der Waals surface area contributed by atoms with Crippen LogP contribution in [0.25, 0.3) is 0 Å². The van der Waals surface area contributed by atoms with Crippen LogP contribution in [0, 0.1) is 0 Å². The van der Waals surface area contributed by atoms with Crippen LogP contribution in [0.15, 0.2) is 41.7 Å². The predicted octanol–water partition coefficient (Wildman–Crippen LogP) is 2.63. The van der Waals surface area contributed by atoms with E-state index in [1.54, 1.807) is 11.0 Å². The molecule has 0 aliphatic carbocycles. The number of aliphatic imine (C=N–C) groups is 1. The zero-order valence-corrected chi connectivity index (χ0v) is 15.8. The zero-order chi connectivity index (χ0) is 18.1. The van der Waals surface area contributed by atoms with Crippen LogP contribution in [0.2, 0.25) is 0 Å². The van der Waals surface area contributed by atoms with Gasteiger partial charge < -0.3 is 10.6 Å². The van der Waals surface area contributed by atoms with Gasteiger partial charge in [0.05, 0.1) is 0 Å². The van der Waals surface area contributed by atoms with Crippen molar-refractivity contribution in [1.82, 2.24) is 25.4 Å². The van der Waals surface area contributed by atoms with Crippen LogP contribution >= 0.6 is 0 Å². The van der Waals surface area contributed by atoms with Gasteiger partial charge in [-0.05, 0) is 25.3 Å². The second-order valence-corrected chi connectivity index (χ2v) is 6.20. The Morgan fingerprint density at radius 1 is 1.12 bits per heavy atom. The van der Waals surface area contributed by atoms with Gasteiger partial charge in [0.15, 0.2) is 5.96 Å². The van der Waals surface area contributed by atoms with E-state index in [0.717, 1.165) is 37.7 Å². The molecule has 2 N–H and O–H groups in total. The van der Waals surface area contributed by atoms with Crippen molar-refractivity contribution in [3.8, 4) is 0 Å². The Kier molecular flexibility index (Phi) is 6.98. The minimum absolute atomic E-state index is 0.0994. The van der Waals surface area contributed by atoms with Crippen molar-refractivity contribution in [2.45, 2.75) is 45.6 Å². The minimum atomic E-state index is 0.0994. The quantitative estimate of drug-likeness (QED) is 0.572. The Hall–Kier alpha value is -2.37. The van der Waals surface area contributed by atoms with Gasteiger partial charge in [-0.3, -0.25) is 4.68 Å². The molecule has 1 aromatic heterocycles. The van der Waals surface area contributed by atoms with Gasteiger partial charge in [0.25, 0.3) is 0 Å². The zero-order valence-electron chi connectivity index (χ0n) is 15.8. The van der Waals surface area contributed by atoms with E-state index >= 15 is 0 Å². The highest BCUT2D eigenvalue weighted by Crippen LogP contribution is 2.30. The Balaban J connectivity index is 2.11. The molecule has 0 atom stereocenters. The van der Waals surface area contributed by atoms with Crippen LogP contribution in [0.3, 0.4) is 0 Å². The van der Waals surface area contributed by atoms with Crippen molar-refractivity contribution in [3.05, 3.63) is 48.0 Å². The molecule has 0 fully saturated rings. The molecule has 0 unspecified atom stereocenters. The molecular weight excluding hydrogens is 312 g/mol. The number of benzene rings is 1. The van der Waals surface area contributed by atoms with Crippen LogP contribution in [-0.4, -0.2) is 33.8 Å².